The van der Waals surface area contributed by atoms with Gasteiger partial charge in [0, 0.05) is 18.7 Å². The van der Waals surface area contributed by atoms with E-state index >= 15 is 0 Å². The largest absolute Gasteiger partial charge is 0.516 e. The van der Waals surface area contributed by atoms with E-state index in [-0.39, 0.29) is 11.7 Å². The number of amides is 1. The SMILES string of the molecule is C=C.C=CC/C(=C/CCC)c1cc(C(=O)N2CCC(Cc3ccc(F)cc3)CC2)c(CC)cc1C.C=CO. The molecule has 2 aromatic carbocycles. The van der Waals surface area contributed by atoms with E-state index in [9.17, 15) is 9.18 Å². The summed E-state index contributed by atoms with van der Waals surface area (Å²) >= 11 is 0. The second kappa shape index (κ2) is 18.0. The molecule has 1 N–H and O–H groups in total. The molecule has 206 valence electrons. The molecule has 1 heterocycles. The van der Waals surface area contributed by atoms with E-state index in [0.717, 1.165) is 75.4 Å². The summed E-state index contributed by atoms with van der Waals surface area (Å²) in [5.74, 6) is 0.501. The number of carbonyl (C=O) groups excluding carboxylic acids is 1. The Hall–Kier alpha value is -3.40. The zero-order valence-electron chi connectivity index (χ0n) is 23.6. The number of hydrogen-bond donors (Lipinski definition) is 1. The molecule has 1 aliphatic heterocycles. The van der Waals surface area contributed by atoms with Gasteiger partial charge in [0.1, 0.15) is 5.82 Å². The van der Waals surface area contributed by atoms with E-state index in [0.29, 0.717) is 5.92 Å². The highest BCUT2D eigenvalue weighted by molar-refractivity contribution is 5.97. The standard InChI is InChI=1S/C30H38FNO.C2H4O.C2H4/c1-5-8-10-26(9-6-2)28-21-29(25(7-3)19-22(28)4)30(33)32-17-15-24(16-18-32)20-23-11-13-27(31)14-12-23;1-2-3;1-2/h6,10-14,19,21,24H,2,5,7-9,15-18,20H2,1,3-4H3;2-3H,1H2;1-2H2/b26-10-;;. The number of unbranched alkanes of at least 4 members (excludes halogenated alkanes) is 1. The van der Waals surface area contributed by atoms with Crippen molar-refractivity contribution in [3.8, 4) is 0 Å². The predicted octanol–water partition coefficient (Wildman–Crippen LogP) is 9.04. The van der Waals surface area contributed by atoms with Gasteiger partial charge in [0.15, 0.2) is 0 Å². The van der Waals surface area contributed by atoms with Gasteiger partial charge in [0.2, 0.25) is 0 Å². The van der Waals surface area contributed by atoms with E-state index in [1.54, 1.807) is 0 Å². The smallest absolute Gasteiger partial charge is 0.254 e. The molecule has 0 spiro atoms. The lowest BCUT2D eigenvalue weighted by Gasteiger charge is -2.33. The van der Waals surface area contributed by atoms with Crippen molar-refractivity contribution in [2.75, 3.05) is 13.1 Å². The number of benzene rings is 2. The molecule has 1 saturated heterocycles. The minimum absolute atomic E-state index is 0.154. The Morgan fingerprint density at radius 3 is 2.21 bits per heavy atom. The van der Waals surface area contributed by atoms with Crippen LogP contribution in [-0.4, -0.2) is 29.0 Å². The fourth-order valence-corrected chi connectivity index (χ4v) is 4.85. The zero-order chi connectivity index (χ0) is 28.5. The van der Waals surface area contributed by atoms with E-state index in [1.165, 1.54) is 34.4 Å². The van der Waals surface area contributed by atoms with Gasteiger partial charge in [0.05, 0.1) is 6.26 Å². The average Bonchev–Trinajstić information content (AvgIpc) is 2.94. The Kier molecular flexibility index (Phi) is 15.4. The molecule has 3 nitrogen and oxygen atoms in total. The summed E-state index contributed by atoms with van der Waals surface area (Å²) in [5.41, 5.74) is 6.82. The summed E-state index contributed by atoms with van der Waals surface area (Å²) in [7, 11) is 0. The highest BCUT2D eigenvalue weighted by atomic mass is 19.1. The number of carbonyl (C=O) groups is 1. The molecule has 3 rings (SSSR count). The molecule has 2 aromatic rings. The second-order valence-corrected chi connectivity index (χ2v) is 9.44. The monoisotopic (exact) mass is 519 g/mol. The molecule has 1 amide bonds. The topological polar surface area (TPSA) is 40.5 Å². The predicted molar refractivity (Wildman–Crippen MR) is 161 cm³/mol. The minimum atomic E-state index is -0.191. The Balaban J connectivity index is 0.00000135. The van der Waals surface area contributed by atoms with Crippen LogP contribution in [0.1, 0.15) is 78.6 Å². The van der Waals surface area contributed by atoms with Gasteiger partial charge in [-0.25, -0.2) is 4.39 Å². The Bertz CT molecular complexity index is 1050. The van der Waals surface area contributed by atoms with Gasteiger partial charge < -0.3 is 10.0 Å². The maximum atomic E-state index is 13.6. The van der Waals surface area contributed by atoms with Crippen LogP contribution in [0.15, 0.2) is 81.1 Å². The first-order valence-electron chi connectivity index (χ1n) is 13.6. The average molecular weight is 520 g/mol. The van der Waals surface area contributed by atoms with Crippen molar-refractivity contribution in [2.24, 2.45) is 5.92 Å². The third kappa shape index (κ3) is 9.81. The molecule has 0 aliphatic carbocycles. The summed E-state index contributed by atoms with van der Waals surface area (Å²) in [6.45, 7) is 20.9. The third-order valence-electron chi connectivity index (χ3n) is 6.79. The van der Waals surface area contributed by atoms with Crippen molar-refractivity contribution in [3.63, 3.8) is 0 Å². The number of hydrogen-bond acceptors (Lipinski definition) is 2. The quantitative estimate of drug-likeness (QED) is 0.265. The van der Waals surface area contributed by atoms with E-state index < -0.39 is 0 Å². The first kappa shape index (κ1) is 32.6. The molecule has 0 bridgehead atoms. The fraction of sp³-hybridized carbons (Fsp3) is 0.382. The minimum Gasteiger partial charge on any atom is -0.516 e. The molecule has 1 aliphatic rings. The number of aliphatic hydroxyl groups excluding tert-OH is 1. The maximum absolute atomic E-state index is 13.6. The first-order chi connectivity index (χ1) is 18.4. The number of piperidine rings is 1. The van der Waals surface area contributed by atoms with Crippen LogP contribution in [0.4, 0.5) is 4.39 Å². The summed E-state index contributed by atoms with van der Waals surface area (Å²) in [6.07, 6.45) is 11.7. The second-order valence-electron chi connectivity index (χ2n) is 9.44. The van der Waals surface area contributed by atoms with E-state index in [4.69, 9.17) is 5.11 Å². The fourth-order valence-electron chi connectivity index (χ4n) is 4.85. The molecule has 4 heteroatoms. The lowest BCUT2D eigenvalue weighted by atomic mass is 9.88. The summed E-state index contributed by atoms with van der Waals surface area (Å²) in [4.78, 5) is 15.6. The van der Waals surface area contributed by atoms with E-state index in [2.05, 4.69) is 65.3 Å². The lowest BCUT2D eigenvalue weighted by molar-refractivity contribution is 0.0689. The van der Waals surface area contributed by atoms with Gasteiger partial charge in [-0.15, -0.1) is 19.7 Å². The molecule has 0 atom stereocenters. The molecule has 0 radical (unpaired) electrons. The van der Waals surface area contributed by atoms with Crippen molar-refractivity contribution >= 4 is 11.5 Å². The Labute approximate surface area is 230 Å². The number of aryl methyl sites for hydroxylation is 2. The normalized spacial score (nSPS) is 13.5. The van der Waals surface area contributed by atoms with Gasteiger partial charge in [-0.3, -0.25) is 4.79 Å². The molecule has 38 heavy (non-hydrogen) atoms. The van der Waals surface area contributed by atoms with Crippen molar-refractivity contribution in [2.45, 2.75) is 65.7 Å². The molecule has 1 fully saturated rings. The van der Waals surface area contributed by atoms with Gasteiger partial charge in [-0.2, -0.15) is 0 Å². The van der Waals surface area contributed by atoms with Gasteiger partial charge >= 0.3 is 0 Å². The number of rotatable bonds is 9. The number of nitrogens with zero attached hydrogens (tertiary/aromatic N) is 1. The van der Waals surface area contributed by atoms with Crippen LogP contribution in [0.25, 0.3) is 5.57 Å². The third-order valence-corrected chi connectivity index (χ3v) is 6.79. The highest BCUT2D eigenvalue weighted by Crippen LogP contribution is 2.29. The van der Waals surface area contributed by atoms with Crippen LogP contribution in [0.3, 0.4) is 0 Å². The van der Waals surface area contributed by atoms with Gasteiger partial charge in [-0.1, -0.05) is 57.2 Å². The van der Waals surface area contributed by atoms with Gasteiger partial charge in [0.25, 0.3) is 5.91 Å². The summed E-state index contributed by atoms with van der Waals surface area (Å²) < 4.78 is 13.2. The number of likely N-dealkylation sites (tertiary alicyclic amines) is 1. The number of halogens is 1. The van der Waals surface area contributed by atoms with Crippen LogP contribution in [0.2, 0.25) is 0 Å². The van der Waals surface area contributed by atoms with Crippen molar-refractivity contribution in [1.29, 1.82) is 0 Å². The van der Waals surface area contributed by atoms with Crippen LogP contribution in [0, 0.1) is 18.7 Å². The van der Waals surface area contributed by atoms with E-state index in [1.807, 2.05) is 23.1 Å². The van der Waals surface area contributed by atoms with Crippen LogP contribution in [-0.2, 0) is 12.8 Å². The van der Waals surface area contributed by atoms with Crippen LogP contribution >= 0.6 is 0 Å². The highest BCUT2D eigenvalue weighted by Gasteiger charge is 2.26. The zero-order valence-corrected chi connectivity index (χ0v) is 23.6. The molecule has 0 aromatic heterocycles. The van der Waals surface area contributed by atoms with Crippen molar-refractivity contribution in [1.82, 2.24) is 4.90 Å². The summed E-state index contributed by atoms with van der Waals surface area (Å²) in [5, 5.41) is 7.33. The number of aliphatic hydroxyl groups is 1. The van der Waals surface area contributed by atoms with Crippen molar-refractivity contribution < 1.29 is 14.3 Å². The summed E-state index contributed by atoms with van der Waals surface area (Å²) in [6, 6.07) is 11.1. The lowest BCUT2D eigenvalue weighted by Crippen LogP contribution is -2.39. The van der Waals surface area contributed by atoms with Crippen molar-refractivity contribution in [3.05, 3.63) is 115 Å². The molecular formula is C34H46FNO2. The Morgan fingerprint density at radius 1 is 1.08 bits per heavy atom. The molecular weight excluding hydrogens is 473 g/mol. The molecule has 0 saturated carbocycles. The first-order valence-corrected chi connectivity index (χ1v) is 13.6. The van der Waals surface area contributed by atoms with Crippen LogP contribution < -0.4 is 0 Å². The van der Waals surface area contributed by atoms with Crippen LogP contribution in [0.5, 0.6) is 0 Å². The Morgan fingerprint density at radius 2 is 1.68 bits per heavy atom. The maximum Gasteiger partial charge on any atom is 0.254 e. The molecule has 0 unspecified atom stereocenters. The van der Waals surface area contributed by atoms with Gasteiger partial charge in [-0.05, 0) is 97.4 Å². The number of allylic oxidation sites excluding steroid dienone is 3.